The summed E-state index contributed by atoms with van der Waals surface area (Å²) in [5.74, 6) is 0.328. The number of rotatable bonds is 2. The summed E-state index contributed by atoms with van der Waals surface area (Å²) < 4.78 is 4.39. The number of ether oxygens (including phenoxy) is 1. The Labute approximate surface area is 73.7 Å². The normalized spacial score (nSPS) is 9.27. The maximum Gasteiger partial charge on any atom is 0.423 e. The largest absolute Gasteiger partial charge is 0.423 e. The second-order valence-corrected chi connectivity index (χ2v) is 2.58. The summed E-state index contributed by atoms with van der Waals surface area (Å²) >= 11 is 11.2. The highest BCUT2D eigenvalue weighted by Gasteiger charge is 1.99. The highest BCUT2D eigenvalue weighted by molar-refractivity contribution is 6.42. The van der Waals surface area contributed by atoms with Gasteiger partial charge in [0.2, 0.25) is 0 Å². The van der Waals surface area contributed by atoms with Crippen molar-refractivity contribution in [2.24, 2.45) is 0 Å². The molecule has 0 aliphatic heterocycles. The summed E-state index contributed by atoms with van der Waals surface area (Å²) in [6, 6.07) is 4.50. The van der Waals surface area contributed by atoms with Crippen LogP contribution in [-0.4, -0.2) is 6.47 Å². The Balaban J connectivity index is 2.95. The topological polar surface area (TPSA) is 26.3 Å². The Bertz CT molecular complexity index is 273. The quantitative estimate of drug-likeness (QED) is 0.715. The number of hydrogen-bond acceptors (Lipinski definition) is 2. The molecule has 0 fully saturated rings. The van der Waals surface area contributed by atoms with Crippen LogP contribution in [0.2, 0.25) is 10.0 Å². The Kier molecular flexibility index (Phi) is 2.74. The minimum absolute atomic E-state index is 0.328. The molecule has 0 atom stereocenters. The molecule has 0 saturated carbocycles. The summed E-state index contributed by atoms with van der Waals surface area (Å²) in [4.78, 5) is 9.75. The SMILES string of the molecule is O=[C]Oc1ccc(Cl)c(Cl)c1. The number of carbonyl (C=O) groups excluding carboxylic acids is 1. The fourth-order valence-electron chi connectivity index (χ4n) is 0.588. The van der Waals surface area contributed by atoms with Crippen LogP contribution in [-0.2, 0) is 4.79 Å². The van der Waals surface area contributed by atoms with Crippen molar-refractivity contribution in [1.29, 1.82) is 0 Å². The van der Waals surface area contributed by atoms with Crippen molar-refractivity contribution >= 4 is 29.7 Å². The number of halogens is 2. The summed E-state index contributed by atoms with van der Waals surface area (Å²) in [5.41, 5.74) is 0. The first-order valence-electron chi connectivity index (χ1n) is 2.73. The molecule has 1 aromatic carbocycles. The lowest BCUT2D eigenvalue weighted by Crippen LogP contribution is -1.87. The van der Waals surface area contributed by atoms with Crippen LogP contribution in [0.1, 0.15) is 0 Å². The standard InChI is InChI=1S/C7H3Cl2O2/c8-6-2-1-5(11-4-10)3-7(6)9/h1-3H. The monoisotopic (exact) mass is 189 g/mol. The summed E-state index contributed by atoms with van der Waals surface area (Å²) in [6.07, 6.45) is 0. The maximum atomic E-state index is 9.75. The molecule has 1 rings (SSSR count). The Morgan fingerprint density at radius 3 is 2.55 bits per heavy atom. The lowest BCUT2D eigenvalue weighted by molar-refractivity contribution is 0.443. The van der Waals surface area contributed by atoms with Gasteiger partial charge in [0.25, 0.3) is 0 Å². The van der Waals surface area contributed by atoms with E-state index in [0.717, 1.165) is 0 Å². The lowest BCUT2D eigenvalue weighted by Gasteiger charge is -1.97. The van der Waals surface area contributed by atoms with E-state index < -0.39 is 0 Å². The van der Waals surface area contributed by atoms with Gasteiger partial charge in [-0.2, -0.15) is 0 Å². The van der Waals surface area contributed by atoms with Crippen LogP contribution in [0, 0.1) is 0 Å². The first kappa shape index (κ1) is 8.37. The van der Waals surface area contributed by atoms with Crippen molar-refractivity contribution in [3.05, 3.63) is 28.2 Å². The summed E-state index contributed by atoms with van der Waals surface area (Å²) in [5, 5.41) is 0.768. The van der Waals surface area contributed by atoms with Gasteiger partial charge in [-0.05, 0) is 12.1 Å². The van der Waals surface area contributed by atoms with Crippen molar-refractivity contribution < 1.29 is 9.53 Å². The van der Waals surface area contributed by atoms with E-state index in [2.05, 4.69) is 4.74 Å². The molecular weight excluding hydrogens is 187 g/mol. The zero-order valence-electron chi connectivity index (χ0n) is 5.30. The summed E-state index contributed by atoms with van der Waals surface area (Å²) in [6.45, 7) is 1.28. The Hall–Kier alpha value is -0.730. The van der Waals surface area contributed by atoms with Crippen LogP contribution in [0.3, 0.4) is 0 Å². The molecule has 0 aliphatic rings. The molecule has 0 saturated heterocycles. The molecule has 1 radical (unpaired) electrons. The molecule has 0 aliphatic carbocycles. The lowest BCUT2D eigenvalue weighted by atomic mass is 10.3. The highest BCUT2D eigenvalue weighted by atomic mass is 35.5. The molecule has 2 nitrogen and oxygen atoms in total. The van der Waals surface area contributed by atoms with E-state index in [-0.39, 0.29) is 0 Å². The molecule has 11 heavy (non-hydrogen) atoms. The second-order valence-electron chi connectivity index (χ2n) is 1.76. The van der Waals surface area contributed by atoms with Gasteiger partial charge in [-0.3, -0.25) is 0 Å². The third-order valence-electron chi connectivity index (χ3n) is 1.05. The molecule has 0 aromatic heterocycles. The minimum Gasteiger partial charge on any atom is -0.418 e. The minimum atomic E-state index is 0.328. The molecule has 0 amide bonds. The molecule has 0 heterocycles. The van der Waals surface area contributed by atoms with Gasteiger partial charge in [0, 0.05) is 6.07 Å². The molecule has 1 aromatic rings. The van der Waals surface area contributed by atoms with E-state index >= 15 is 0 Å². The molecule has 57 valence electrons. The molecule has 4 heteroatoms. The smallest absolute Gasteiger partial charge is 0.418 e. The van der Waals surface area contributed by atoms with Crippen LogP contribution < -0.4 is 4.74 Å². The zero-order chi connectivity index (χ0) is 8.27. The van der Waals surface area contributed by atoms with E-state index in [0.29, 0.717) is 15.8 Å². The van der Waals surface area contributed by atoms with Crippen molar-refractivity contribution in [2.75, 3.05) is 0 Å². The van der Waals surface area contributed by atoms with E-state index in [4.69, 9.17) is 23.2 Å². The third-order valence-corrected chi connectivity index (χ3v) is 1.79. The Morgan fingerprint density at radius 1 is 1.27 bits per heavy atom. The molecular formula is C7H3Cl2O2. The summed E-state index contributed by atoms with van der Waals surface area (Å²) in [7, 11) is 0. The zero-order valence-corrected chi connectivity index (χ0v) is 6.82. The van der Waals surface area contributed by atoms with E-state index in [1.165, 1.54) is 24.7 Å². The van der Waals surface area contributed by atoms with Gasteiger partial charge in [0.1, 0.15) is 5.75 Å². The van der Waals surface area contributed by atoms with E-state index in [1.54, 1.807) is 0 Å². The van der Waals surface area contributed by atoms with Gasteiger partial charge in [-0.25, -0.2) is 4.79 Å². The maximum absolute atomic E-state index is 9.75. The van der Waals surface area contributed by atoms with Gasteiger partial charge in [0.05, 0.1) is 10.0 Å². The average molecular weight is 190 g/mol. The second kappa shape index (κ2) is 3.60. The first-order valence-corrected chi connectivity index (χ1v) is 3.48. The van der Waals surface area contributed by atoms with Crippen molar-refractivity contribution in [3.8, 4) is 5.75 Å². The third kappa shape index (κ3) is 2.10. The van der Waals surface area contributed by atoms with Crippen LogP contribution >= 0.6 is 23.2 Å². The van der Waals surface area contributed by atoms with Gasteiger partial charge < -0.3 is 4.74 Å². The predicted octanol–water partition coefficient (Wildman–Crippen LogP) is 2.44. The van der Waals surface area contributed by atoms with E-state index in [1.807, 2.05) is 0 Å². The van der Waals surface area contributed by atoms with Crippen molar-refractivity contribution in [1.82, 2.24) is 0 Å². The van der Waals surface area contributed by atoms with Gasteiger partial charge in [0.15, 0.2) is 0 Å². The van der Waals surface area contributed by atoms with Crippen molar-refractivity contribution in [3.63, 3.8) is 0 Å². The van der Waals surface area contributed by atoms with Gasteiger partial charge in [-0.1, -0.05) is 23.2 Å². The first-order chi connectivity index (χ1) is 5.24. The van der Waals surface area contributed by atoms with Crippen LogP contribution in [0.4, 0.5) is 0 Å². The van der Waals surface area contributed by atoms with E-state index in [9.17, 15) is 4.79 Å². The Morgan fingerprint density at radius 2 is 2.00 bits per heavy atom. The fourth-order valence-corrected chi connectivity index (χ4v) is 0.877. The van der Waals surface area contributed by atoms with Crippen LogP contribution in [0.15, 0.2) is 18.2 Å². The molecule has 0 N–H and O–H groups in total. The molecule has 0 spiro atoms. The fraction of sp³-hybridized carbons (Fsp3) is 0. The average Bonchev–Trinajstić information content (AvgIpc) is 1.98. The molecule has 0 unspecified atom stereocenters. The molecule has 0 bridgehead atoms. The number of benzene rings is 1. The van der Waals surface area contributed by atoms with Crippen LogP contribution in [0.25, 0.3) is 0 Å². The van der Waals surface area contributed by atoms with Gasteiger partial charge in [-0.15, -0.1) is 0 Å². The van der Waals surface area contributed by atoms with Gasteiger partial charge >= 0.3 is 6.47 Å². The predicted molar refractivity (Wildman–Crippen MR) is 42.8 cm³/mol. The number of hydrogen-bond donors (Lipinski definition) is 0. The highest BCUT2D eigenvalue weighted by Crippen LogP contribution is 2.25. The van der Waals surface area contributed by atoms with Crippen LogP contribution in [0.5, 0.6) is 5.75 Å². The van der Waals surface area contributed by atoms with Crippen molar-refractivity contribution in [2.45, 2.75) is 0 Å².